The molecule has 3 N–H and O–H groups in total. The third-order valence-corrected chi connectivity index (χ3v) is 4.06. The number of carboxylic acids is 1. The lowest BCUT2D eigenvalue weighted by atomic mass is 10.0. The molecule has 0 atom stereocenters. The van der Waals surface area contributed by atoms with Crippen molar-refractivity contribution in [1.29, 1.82) is 0 Å². The van der Waals surface area contributed by atoms with Crippen molar-refractivity contribution in [2.45, 2.75) is 37.8 Å². The summed E-state index contributed by atoms with van der Waals surface area (Å²) >= 11 is 0. The van der Waals surface area contributed by atoms with Crippen LogP contribution in [0.2, 0.25) is 0 Å². The number of nitrogens with zero attached hydrogens (tertiary/aromatic N) is 1. The first-order chi connectivity index (χ1) is 10.4. The second-order valence-electron chi connectivity index (χ2n) is 5.95. The highest BCUT2D eigenvalue weighted by atomic mass is 16.4. The number of aromatic carboxylic acids is 1. The number of amides is 2. The fraction of sp³-hybridized carbons (Fsp3) is 0.500. The van der Waals surface area contributed by atoms with Crippen molar-refractivity contribution in [2.24, 2.45) is 0 Å². The van der Waals surface area contributed by atoms with E-state index in [1.807, 2.05) is 0 Å². The highest BCUT2D eigenvalue weighted by molar-refractivity contribution is 5.87. The third kappa shape index (κ3) is 4.21. The molecule has 120 valence electrons. The van der Waals surface area contributed by atoms with Gasteiger partial charge in [0, 0.05) is 13.6 Å². The molecule has 0 aromatic heterocycles. The first kappa shape index (κ1) is 16.3. The minimum absolute atomic E-state index is 0.218. The number of hydrogen-bond donors (Lipinski definition) is 3. The van der Waals surface area contributed by atoms with Crippen molar-refractivity contribution in [2.75, 3.05) is 13.6 Å². The van der Waals surface area contributed by atoms with Crippen LogP contribution in [0.4, 0.5) is 4.79 Å². The van der Waals surface area contributed by atoms with Gasteiger partial charge in [0.05, 0.1) is 17.7 Å². The van der Waals surface area contributed by atoms with Crippen molar-refractivity contribution >= 4 is 12.0 Å². The SMILES string of the molecule is CN(CC1(O)CCCC1)C(=O)NCc1ccc(C(=O)O)cc1. The molecule has 0 radical (unpaired) electrons. The molecule has 1 aromatic rings. The van der Waals surface area contributed by atoms with E-state index in [1.54, 1.807) is 19.2 Å². The fourth-order valence-electron chi connectivity index (χ4n) is 2.78. The van der Waals surface area contributed by atoms with Gasteiger partial charge >= 0.3 is 12.0 Å². The van der Waals surface area contributed by atoms with E-state index < -0.39 is 11.6 Å². The van der Waals surface area contributed by atoms with Crippen LogP contribution in [0.15, 0.2) is 24.3 Å². The van der Waals surface area contributed by atoms with Crippen LogP contribution < -0.4 is 5.32 Å². The van der Waals surface area contributed by atoms with Gasteiger partial charge < -0.3 is 20.4 Å². The monoisotopic (exact) mass is 306 g/mol. The Morgan fingerprint density at radius 1 is 1.23 bits per heavy atom. The molecule has 1 aliphatic rings. The van der Waals surface area contributed by atoms with E-state index in [4.69, 9.17) is 5.11 Å². The predicted octanol–water partition coefficient (Wildman–Crippen LogP) is 1.83. The number of nitrogens with one attached hydrogen (secondary N) is 1. The summed E-state index contributed by atoms with van der Waals surface area (Å²) < 4.78 is 0. The van der Waals surface area contributed by atoms with Crippen molar-refractivity contribution in [3.05, 3.63) is 35.4 Å². The summed E-state index contributed by atoms with van der Waals surface area (Å²) in [5.74, 6) is -0.972. The summed E-state index contributed by atoms with van der Waals surface area (Å²) in [5, 5.41) is 21.9. The first-order valence-electron chi connectivity index (χ1n) is 7.43. The zero-order chi connectivity index (χ0) is 16.2. The number of rotatable bonds is 5. The Hall–Kier alpha value is -2.08. The van der Waals surface area contributed by atoms with Gasteiger partial charge in [-0.15, -0.1) is 0 Å². The molecular formula is C16H22N2O4. The van der Waals surface area contributed by atoms with E-state index >= 15 is 0 Å². The summed E-state index contributed by atoms with van der Waals surface area (Å²) in [5.41, 5.74) is 0.289. The van der Waals surface area contributed by atoms with Gasteiger partial charge in [0.2, 0.25) is 0 Å². The second-order valence-corrected chi connectivity index (χ2v) is 5.95. The van der Waals surface area contributed by atoms with Gasteiger partial charge in [-0.25, -0.2) is 9.59 Å². The van der Waals surface area contributed by atoms with Crippen LogP contribution in [0.1, 0.15) is 41.6 Å². The number of hydrogen-bond acceptors (Lipinski definition) is 3. The Kier molecular flexibility index (Phi) is 5.03. The Balaban J connectivity index is 1.82. The van der Waals surface area contributed by atoms with Gasteiger partial charge in [-0.3, -0.25) is 0 Å². The van der Waals surface area contributed by atoms with Crippen LogP contribution in [0.5, 0.6) is 0 Å². The highest BCUT2D eigenvalue weighted by Gasteiger charge is 2.33. The van der Waals surface area contributed by atoms with Gasteiger partial charge in [-0.2, -0.15) is 0 Å². The molecule has 0 aliphatic heterocycles. The molecule has 6 nitrogen and oxygen atoms in total. The average Bonchev–Trinajstić information content (AvgIpc) is 2.91. The summed E-state index contributed by atoms with van der Waals surface area (Å²) in [6, 6.07) is 6.12. The molecule has 0 unspecified atom stereocenters. The minimum Gasteiger partial charge on any atom is -0.478 e. The van der Waals surface area contributed by atoms with Crippen LogP contribution in [-0.4, -0.2) is 46.3 Å². The summed E-state index contributed by atoms with van der Waals surface area (Å²) in [6.07, 6.45) is 3.48. The van der Waals surface area contributed by atoms with E-state index in [9.17, 15) is 14.7 Å². The molecule has 1 saturated carbocycles. The number of urea groups is 1. The third-order valence-electron chi connectivity index (χ3n) is 4.06. The number of carbonyl (C=O) groups is 2. The Labute approximate surface area is 129 Å². The first-order valence-corrected chi connectivity index (χ1v) is 7.43. The van der Waals surface area contributed by atoms with Crippen molar-refractivity contribution < 1.29 is 19.8 Å². The van der Waals surface area contributed by atoms with Gasteiger partial charge in [0.15, 0.2) is 0 Å². The van der Waals surface area contributed by atoms with Crippen LogP contribution in [-0.2, 0) is 6.54 Å². The van der Waals surface area contributed by atoms with Gasteiger partial charge in [0.25, 0.3) is 0 Å². The molecule has 1 aliphatic carbocycles. The lowest BCUT2D eigenvalue weighted by Crippen LogP contribution is -2.45. The summed E-state index contributed by atoms with van der Waals surface area (Å²) in [6.45, 7) is 0.651. The standard InChI is InChI=1S/C16H22N2O4/c1-18(11-16(22)8-2-3-9-16)15(21)17-10-12-4-6-13(7-5-12)14(19)20/h4-7,22H,2-3,8-11H2,1H3,(H,17,21)(H,19,20). The summed E-state index contributed by atoms with van der Waals surface area (Å²) in [4.78, 5) is 24.3. The zero-order valence-corrected chi connectivity index (χ0v) is 12.7. The minimum atomic E-state index is -0.972. The van der Waals surface area contributed by atoms with Crippen LogP contribution in [0, 0.1) is 0 Å². The largest absolute Gasteiger partial charge is 0.478 e. The maximum atomic E-state index is 12.0. The molecular weight excluding hydrogens is 284 g/mol. The molecule has 22 heavy (non-hydrogen) atoms. The Bertz CT molecular complexity index is 536. The van der Waals surface area contributed by atoms with Gasteiger partial charge in [0.1, 0.15) is 0 Å². The van der Waals surface area contributed by atoms with E-state index in [2.05, 4.69) is 5.32 Å². The average molecular weight is 306 g/mol. The normalized spacial score (nSPS) is 16.3. The van der Waals surface area contributed by atoms with Crippen LogP contribution >= 0.6 is 0 Å². The quantitative estimate of drug-likeness (QED) is 0.774. The molecule has 1 aromatic carbocycles. The lowest BCUT2D eigenvalue weighted by Gasteiger charge is -2.28. The number of carboxylic acid groups (broad SMARTS) is 1. The maximum absolute atomic E-state index is 12.0. The van der Waals surface area contributed by atoms with Gasteiger partial charge in [-0.05, 0) is 30.5 Å². The topological polar surface area (TPSA) is 89.9 Å². The van der Waals surface area contributed by atoms with Crippen LogP contribution in [0.3, 0.4) is 0 Å². The van der Waals surface area contributed by atoms with Gasteiger partial charge in [-0.1, -0.05) is 25.0 Å². The van der Waals surface area contributed by atoms with Crippen molar-refractivity contribution in [3.63, 3.8) is 0 Å². The molecule has 2 amide bonds. The number of carbonyl (C=O) groups excluding carboxylic acids is 1. The van der Waals surface area contributed by atoms with E-state index in [0.29, 0.717) is 13.1 Å². The molecule has 0 heterocycles. The van der Waals surface area contributed by atoms with E-state index in [-0.39, 0.29) is 11.6 Å². The van der Waals surface area contributed by atoms with Crippen molar-refractivity contribution in [1.82, 2.24) is 10.2 Å². The van der Waals surface area contributed by atoms with Crippen LogP contribution in [0.25, 0.3) is 0 Å². The maximum Gasteiger partial charge on any atom is 0.335 e. The molecule has 0 bridgehead atoms. The fourth-order valence-corrected chi connectivity index (χ4v) is 2.78. The molecule has 2 rings (SSSR count). The second kappa shape index (κ2) is 6.79. The number of benzene rings is 1. The molecule has 0 spiro atoms. The molecule has 6 heteroatoms. The Morgan fingerprint density at radius 3 is 2.36 bits per heavy atom. The Morgan fingerprint density at radius 2 is 1.82 bits per heavy atom. The molecule has 0 saturated heterocycles. The highest BCUT2D eigenvalue weighted by Crippen LogP contribution is 2.29. The molecule has 1 fully saturated rings. The number of likely N-dealkylation sites (N-methyl/N-ethyl adjacent to an activating group) is 1. The van der Waals surface area contributed by atoms with E-state index in [0.717, 1.165) is 31.2 Å². The van der Waals surface area contributed by atoms with E-state index in [1.165, 1.54) is 17.0 Å². The summed E-state index contributed by atoms with van der Waals surface area (Å²) in [7, 11) is 1.67. The smallest absolute Gasteiger partial charge is 0.335 e. The zero-order valence-electron chi connectivity index (χ0n) is 12.7. The number of aliphatic hydroxyl groups is 1. The lowest BCUT2D eigenvalue weighted by molar-refractivity contribution is 0.0247. The van der Waals surface area contributed by atoms with Crippen molar-refractivity contribution in [3.8, 4) is 0 Å². The predicted molar refractivity (Wildman–Crippen MR) is 81.7 cm³/mol.